The van der Waals surface area contributed by atoms with Crippen LogP contribution in [0.2, 0.25) is 0 Å². The first-order chi connectivity index (χ1) is 12.1. The fraction of sp³-hybridized carbons (Fsp3) is 0.316. The van der Waals surface area contributed by atoms with Gasteiger partial charge in [-0.15, -0.1) is 0 Å². The topological polar surface area (TPSA) is 81.7 Å². The van der Waals surface area contributed by atoms with Gasteiger partial charge in [0.2, 0.25) is 0 Å². The van der Waals surface area contributed by atoms with Gasteiger partial charge in [0.15, 0.2) is 5.60 Å². The SMILES string of the molecule is CCOC(=O)C(C)(C)Oc1ccc(NS(=O)(=O)c2ccc(C)cc2)cc1. The normalized spacial score (nSPS) is 11.7. The van der Waals surface area contributed by atoms with E-state index in [1.807, 2.05) is 6.92 Å². The molecule has 0 aromatic heterocycles. The summed E-state index contributed by atoms with van der Waals surface area (Å²) in [6.07, 6.45) is 0. The van der Waals surface area contributed by atoms with Crippen LogP contribution in [-0.4, -0.2) is 26.6 Å². The molecule has 0 fully saturated rings. The third-order valence-electron chi connectivity index (χ3n) is 3.58. The summed E-state index contributed by atoms with van der Waals surface area (Å²) >= 11 is 0. The third kappa shape index (κ3) is 4.98. The van der Waals surface area contributed by atoms with Crippen LogP contribution in [0.25, 0.3) is 0 Å². The number of carbonyl (C=O) groups is 1. The molecule has 0 aliphatic carbocycles. The van der Waals surface area contributed by atoms with Crippen LogP contribution in [0.1, 0.15) is 26.3 Å². The average molecular weight is 377 g/mol. The van der Waals surface area contributed by atoms with E-state index in [1.54, 1.807) is 69.3 Å². The molecule has 7 heteroatoms. The van der Waals surface area contributed by atoms with E-state index in [0.717, 1.165) is 5.56 Å². The molecule has 0 atom stereocenters. The van der Waals surface area contributed by atoms with Crippen LogP contribution in [0.15, 0.2) is 53.4 Å². The Bertz CT molecular complexity index is 856. The maximum Gasteiger partial charge on any atom is 0.349 e. The molecule has 2 aromatic carbocycles. The molecule has 0 radical (unpaired) electrons. The number of aryl methyl sites for hydroxylation is 1. The van der Waals surface area contributed by atoms with E-state index in [-0.39, 0.29) is 11.5 Å². The molecule has 0 saturated carbocycles. The van der Waals surface area contributed by atoms with Gasteiger partial charge in [0.25, 0.3) is 10.0 Å². The quantitative estimate of drug-likeness (QED) is 0.747. The average Bonchev–Trinajstić information content (AvgIpc) is 2.57. The van der Waals surface area contributed by atoms with Gasteiger partial charge in [0.1, 0.15) is 5.75 Å². The number of hydrogen-bond acceptors (Lipinski definition) is 5. The molecule has 0 amide bonds. The summed E-state index contributed by atoms with van der Waals surface area (Å²) in [5, 5.41) is 0. The standard InChI is InChI=1S/C19H23NO5S/c1-5-24-18(21)19(3,4)25-16-10-8-15(9-11-16)20-26(22,23)17-12-6-14(2)7-13-17/h6-13,20H,5H2,1-4H3. The molecule has 0 saturated heterocycles. The zero-order chi connectivity index (χ0) is 19.4. The Morgan fingerprint density at radius 2 is 1.62 bits per heavy atom. The summed E-state index contributed by atoms with van der Waals surface area (Å²) in [4.78, 5) is 12.1. The molecule has 0 heterocycles. The number of hydrogen-bond donors (Lipinski definition) is 1. The summed E-state index contributed by atoms with van der Waals surface area (Å²) in [7, 11) is -3.66. The van der Waals surface area contributed by atoms with Gasteiger partial charge >= 0.3 is 5.97 Å². The third-order valence-corrected chi connectivity index (χ3v) is 4.98. The van der Waals surface area contributed by atoms with E-state index < -0.39 is 21.6 Å². The molecule has 0 spiro atoms. The van der Waals surface area contributed by atoms with Crippen molar-refractivity contribution in [2.75, 3.05) is 11.3 Å². The van der Waals surface area contributed by atoms with Crippen molar-refractivity contribution in [2.24, 2.45) is 0 Å². The van der Waals surface area contributed by atoms with E-state index in [1.165, 1.54) is 0 Å². The van der Waals surface area contributed by atoms with Gasteiger partial charge in [-0.3, -0.25) is 4.72 Å². The van der Waals surface area contributed by atoms with Gasteiger partial charge in [-0.2, -0.15) is 0 Å². The second-order valence-electron chi connectivity index (χ2n) is 6.28. The lowest BCUT2D eigenvalue weighted by Crippen LogP contribution is -2.39. The van der Waals surface area contributed by atoms with Gasteiger partial charge in [0, 0.05) is 5.69 Å². The number of ether oxygens (including phenoxy) is 2. The minimum absolute atomic E-state index is 0.187. The van der Waals surface area contributed by atoms with Crippen molar-refractivity contribution in [1.82, 2.24) is 0 Å². The van der Waals surface area contributed by atoms with Gasteiger partial charge in [-0.1, -0.05) is 17.7 Å². The first kappa shape index (κ1) is 19.8. The Labute approximate surface area is 154 Å². The summed E-state index contributed by atoms with van der Waals surface area (Å²) in [5.41, 5.74) is 0.236. The summed E-state index contributed by atoms with van der Waals surface area (Å²) in [6.45, 7) is 7.10. The Morgan fingerprint density at radius 1 is 1.04 bits per heavy atom. The number of benzene rings is 2. The van der Waals surface area contributed by atoms with Crippen molar-refractivity contribution in [3.8, 4) is 5.75 Å². The van der Waals surface area contributed by atoms with Crippen molar-refractivity contribution in [2.45, 2.75) is 38.2 Å². The monoisotopic (exact) mass is 377 g/mol. The van der Waals surface area contributed by atoms with E-state index in [2.05, 4.69) is 4.72 Å². The maximum atomic E-state index is 12.4. The van der Waals surface area contributed by atoms with Crippen molar-refractivity contribution in [3.05, 3.63) is 54.1 Å². The highest BCUT2D eigenvalue weighted by Gasteiger charge is 2.31. The van der Waals surface area contributed by atoms with Crippen LogP contribution in [0.4, 0.5) is 5.69 Å². The first-order valence-corrected chi connectivity index (χ1v) is 9.68. The first-order valence-electron chi connectivity index (χ1n) is 8.20. The molecule has 1 N–H and O–H groups in total. The molecule has 0 bridgehead atoms. The Morgan fingerprint density at radius 3 is 2.15 bits per heavy atom. The molecule has 0 unspecified atom stereocenters. The Hall–Kier alpha value is -2.54. The Balaban J connectivity index is 2.10. The second kappa shape index (κ2) is 7.78. The number of nitrogens with one attached hydrogen (secondary N) is 1. The molecule has 2 aromatic rings. The molecule has 26 heavy (non-hydrogen) atoms. The molecular formula is C19H23NO5S. The van der Waals surface area contributed by atoms with Gasteiger partial charge < -0.3 is 9.47 Å². The number of rotatable bonds is 7. The zero-order valence-corrected chi connectivity index (χ0v) is 16.1. The zero-order valence-electron chi connectivity index (χ0n) is 15.3. The van der Waals surface area contributed by atoms with Crippen molar-refractivity contribution in [1.29, 1.82) is 0 Å². The van der Waals surface area contributed by atoms with E-state index in [9.17, 15) is 13.2 Å². The fourth-order valence-corrected chi connectivity index (χ4v) is 3.22. The van der Waals surface area contributed by atoms with Gasteiger partial charge in [-0.05, 0) is 64.1 Å². The lowest BCUT2D eigenvalue weighted by atomic mass is 10.1. The van der Waals surface area contributed by atoms with Gasteiger partial charge in [-0.25, -0.2) is 13.2 Å². The van der Waals surface area contributed by atoms with Crippen LogP contribution < -0.4 is 9.46 Å². The minimum Gasteiger partial charge on any atom is -0.476 e. The van der Waals surface area contributed by atoms with E-state index in [0.29, 0.717) is 11.4 Å². The lowest BCUT2D eigenvalue weighted by molar-refractivity contribution is -0.158. The smallest absolute Gasteiger partial charge is 0.349 e. The van der Waals surface area contributed by atoms with E-state index in [4.69, 9.17) is 9.47 Å². The number of esters is 1. The van der Waals surface area contributed by atoms with Crippen LogP contribution >= 0.6 is 0 Å². The lowest BCUT2D eigenvalue weighted by Gasteiger charge is -2.24. The molecule has 6 nitrogen and oxygen atoms in total. The highest BCUT2D eigenvalue weighted by molar-refractivity contribution is 7.92. The Kier molecular flexibility index (Phi) is 5.92. The molecule has 140 valence electrons. The molecule has 2 rings (SSSR count). The predicted molar refractivity (Wildman–Crippen MR) is 99.8 cm³/mol. The highest BCUT2D eigenvalue weighted by atomic mass is 32.2. The molecule has 0 aliphatic heterocycles. The molecule has 0 aliphatic rings. The van der Waals surface area contributed by atoms with Gasteiger partial charge in [0.05, 0.1) is 11.5 Å². The fourth-order valence-electron chi connectivity index (χ4n) is 2.16. The second-order valence-corrected chi connectivity index (χ2v) is 7.96. The number of anilines is 1. The maximum absolute atomic E-state index is 12.4. The summed E-state index contributed by atoms with van der Waals surface area (Å²) < 4.78 is 37.9. The van der Waals surface area contributed by atoms with Crippen molar-refractivity contribution in [3.63, 3.8) is 0 Å². The van der Waals surface area contributed by atoms with Crippen LogP contribution in [-0.2, 0) is 19.6 Å². The van der Waals surface area contributed by atoms with Crippen LogP contribution in [0, 0.1) is 6.92 Å². The predicted octanol–water partition coefficient (Wildman–Crippen LogP) is 3.52. The number of sulfonamides is 1. The molecular weight excluding hydrogens is 354 g/mol. The van der Waals surface area contributed by atoms with Crippen LogP contribution in [0.5, 0.6) is 5.75 Å². The largest absolute Gasteiger partial charge is 0.476 e. The number of carbonyl (C=O) groups excluding carboxylic acids is 1. The van der Waals surface area contributed by atoms with Crippen molar-refractivity contribution >= 4 is 21.7 Å². The summed E-state index contributed by atoms with van der Waals surface area (Å²) in [5.74, 6) is -0.0366. The summed E-state index contributed by atoms with van der Waals surface area (Å²) in [6, 6.07) is 12.9. The highest BCUT2D eigenvalue weighted by Crippen LogP contribution is 2.23. The minimum atomic E-state index is -3.66. The van der Waals surface area contributed by atoms with E-state index >= 15 is 0 Å². The van der Waals surface area contributed by atoms with Crippen LogP contribution in [0.3, 0.4) is 0 Å². The van der Waals surface area contributed by atoms with Crippen molar-refractivity contribution < 1.29 is 22.7 Å².